The van der Waals surface area contributed by atoms with Crippen LogP contribution in [0.2, 0.25) is 5.02 Å². The predicted octanol–water partition coefficient (Wildman–Crippen LogP) is 4.72. The van der Waals surface area contributed by atoms with Gasteiger partial charge in [0, 0.05) is 42.3 Å². The molecule has 1 aromatic carbocycles. The molecule has 0 N–H and O–H groups in total. The minimum absolute atomic E-state index is 0.0955. The first-order chi connectivity index (χ1) is 14.3. The molecule has 160 valence electrons. The van der Waals surface area contributed by atoms with E-state index in [1.165, 1.54) is 18.1 Å². The van der Waals surface area contributed by atoms with Gasteiger partial charge < -0.3 is 14.4 Å². The summed E-state index contributed by atoms with van der Waals surface area (Å²) in [5.41, 5.74) is 1.71. The van der Waals surface area contributed by atoms with Crippen LogP contribution < -0.4 is 0 Å². The van der Waals surface area contributed by atoms with E-state index in [1.807, 2.05) is 0 Å². The maximum Gasteiger partial charge on any atom is 0.336 e. The Labute approximate surface area is 181 Å². The number of carbonyl (C=O) groups excluding carboxylic acids is 2. The van der Waals surface area contributed by atoms with Crippen molar-refractivity contribution in [3.05, 3.63) is 82.8 Å². The van der Waals surface area contributed by atoms with E-state index in [9.17, 15) is 14.0 Å². The number of carbonyl (C=O) groups is 2. The molecule has 1 unspecified atom stereocenters. The molecule has 2 rings (SSSR count). The van der Waals surface area contributed by atoms with Crippen LogP contribution in [0.4, 0.5) is 4.39 Å². The number of hydrogen-bond acceptors (Lipinski definition) is 4. The molecule has 1 aliphatic rings. The molecule has 5 nitrogen and oxygen atoms in total. The van der Waals surface area contributed by atoms with Gasteiger partial charge in [-0.1, -0.05) is 43.0 Å². The van der Waals surface area contributed by atoms with E-state index < -0.39 is 17.7 Å². The Kier molecular flexibility index (Phi) is 8.57. The molecule has 1 atom stereocenters. The van der Waals surface area contributed by atoms with Crippen LogP contribution in [0.15, 0.2) is 72.2 Å². The highest BCUT2D eigenvalue weighted by molar-refractivity contribution is 6.30. The summed E-state index contributed by atoms with van der Waals surface area (Å²) >= 11 is 5.98. The van der Waals surface area contributed by atoms with Crippen LogP contribution in [0.25, 0.3) is 0 Å². The van der Waals surface area contributed by atoms with Crippen molar-refractivity contribution < 1.29 is 23.5 Å². The molecule has 0 spiro atoms. The minimum Gasteiger partial charge on any atom is -0.457 e. The van der Waals surface area contributed by atoms with Gasteiger partial charge in [-0.2, -0.15) is 0 Å². The van der Waals surface area contributed by atoms with E-state index in [2.05, 4.69) is 13.2 Å². The van der Waals surface area contributed by atoms with Crippen molar-refractivity contribution in [2.75, 3.05) is 26.9 Å². The largest absolute Gasteiger partial charge is 0.457 e. The number of allylic oxidation sites excluding steroid dienone is 3. The molecular formula is C23H25ClFNO4. The second kappa shape index (κ2) is 10.9. The van der Waals surface area contributed by atoms with Gasteiger partial charge in [0.05, 0.1) is 12.2 Å². The number of amides is 1. The lowest BCUT2D eigenvalue weighted by Crippen LogP contribution is -2.40. The average Bonchev–Trinajstić information content (AvgIpc) is 2.73. The fraction of sp³-hybridized carbons (Fsp3) is 0.304. The van der Waals surface area contributed by atoms with Crippen molar-refractivity contribution in [3.8, 4) is 0 Å². The van der Waals surface area contributed by atoms with Gasteiger partial charge in [-0.25, -0.2) is 9.18 Å². The Balaban J connectivity index is 2.42. The smallest absolute Gasteiger partial charge is 0.336 e. The van der Waals surface area contributed by atoms with Gasteiger partial charge >= 0.3 is 5.97 Å². The quantitative estimate of drug-likeness (QED) is 0.418. The highest BCUT2D eigenvalue weighted by Gasteiger charge is 2.36. The Morgan fingerprint density at radius 1 is 1.30 bits per heavy atom. The Hall–Kier alpha value is -2.70. The third-order valence-corrected chi connectivity index (χ3v) is 5.18. The number of ether oxygens (including phenoxy) is 2. The van der Waals surface area contributed by atoms with Gasteiger partial charge in [-0.15, -0.1) is 0 Å². The molecule has 0 bridgehead atoms. The third kappa shape index (κ3) is 5.46. The molecule has 0 fully saturated rings. The van der Waals surface area contributed by atoms with Gasteiger partial charge in [0.15, 0.2) is 0 Å². The Bertz CT molecular complexity index is 889. The van der Waals surface area contributed by atoms with Crippen LogP contribution in [0, 0.1) is 0 Å². The van der Waals surface area contributed by atoms with Crippen molar-refractivity contribution >= 4 is 23.5 Å². The average molecular weight is 434 g/mol. The molecule has 0 aromatic heterocycles. The summed E-state index contributed by atoms with van der Waals surface area (Å²) < 4.78 is 24.3. The monoisotopic (exact) mass is 433 g/mol. The predicted molar refractivity (Wildman–Crippen MR) is 115 cm³/mol. The lowest BCUT2D eigenvalue weighted by Gasteiger charge is -2.34. The van der Waals surface area contributed by atoms with Crippen LogP contribution in [-0.2, 0) is 19.1 Å². The van der Waals surface area contributed by atoms with E-state index in [1.54, 1.807) is 31.2 Å². The summed E-state index contributed by atoms with van der Waals surface area (Å²) in [6.45, 7) is 8.94. The second-order valence-corrected chi connectivity index (χ2v) is 7.14. The maximum absolute atomic E-state index is 13.8. The summed E-state index contributed by atoms with van der Waals surface area (Å²) in [6, 6.07) is 6.96. The molecule has 30 heavy (non-hydrogen) atoms. The number of halogens is 2. The highest BCUT2D eigenvalue weighted by atomic mass is 35.5. The van der Waals surface area contributed by atoms with E-state index >= 15 is 0 Å². The van der Waals surface area contributed by atoms with Crippen molar-refractivity contribution in [2.24, 2.45) is 0 Å². The first-order valence-electron chi connectivity index (χ1n) is 9.40. The number of methoxy groups -OCH3 is 1. The number of esters is 1. The standard InChI is InChI=1S/C23H25ClFNO4/c1-5-16(20(25)6-2)14-30-23(28)22-15(3)26(11-12-29-4)21(27)13-19(22)17-7-9-18(24)10-8-17/h5-10,19H,1-2,11-14H2,3-4H3/b20-16-. The van der Waals surface area contributed by atoms with E-state index in [4.69, 9.17) is 21.1 Å². The van der Waals surface area contributed by atoms with E-state index in [0.29, 0.717) is 29.4 Å². The number of rotatable bonds is 9. The number of benzene rings is 1. The SMILES string of the molecule is C=C/C(F)=C(\C=C)COC(=O)C1=C(C)N(CCOC)C(=O)CC1c1ccc(Cl)cc1. The van der Waals surface area contributed by atoms with Crippen molar-refractivity contribution in [1.82, 2.24) is 4.90 Å². The summed E-state index contributed by atoms with van der Waals surface area (Å²) in [4.78, 5) is 27.3. The zero-order valence-corrected chi connectivity index (χ0v) is 17.9. The van der Waals surface area contributed by atoms with Crippen LogP contribution in [0.5, 0.6) is 0 Å². The summed E-state index contributed by atoms with van der Waals surface area (Å²) in [7, 11) is 1.54. The Morgan fingerprint density at radius 2 is 1.97 bits per heavy atom. The minimum atomic E-state index is -0.626. The fourth-order valence-corrected chi connectivity index (χ4v) is 3.42. The topological polar surface area (TPSA) is 55.8 Å². The molecule has 0 aliphatic carbocycles. The van der Waals surface area contributed by atoms with Gasteiger partial charge in [-0.3, -0.25) is 4.79 Å². The summed E-state index contributed by atoms with van der Waals surface area (Å²) in [5, 5.41) is 0.549. The second-order valence-electron chi connectivity index (χ2n) is 6.70. The first kappa shape index (κ1) is 23.6. The molecule has 0 saturated carbocycles. The van der Waals surface area contributed by atoms with Crippen LogP contribution in [-0.4, -0.2) is 43.6 Å². The van der Waals surface area contributed by atoms with Gasteiger partial charge in [-0.05, 0) is 30.7 Å². The molecule has 0 radical (unpaired) electrons. The Morgan fingerprint density at radius 3 is 2.53 bits per heavy atom. The number of nitrogens with zero attached hydrogens (tertiary/aromatic N) is 1. The first-order valence-corrected chi connectivity index (χ1v) is 9.78. The van der Waals surface area contributed by atoms with Crippen LogP contribution in [0.1, 0.15) is 24.8 Å². The van der Waals surface area contributed by atoms with Gasteiger partial charge in [0.2, 0.25) is 5.91 Å². The number of hydrogen-bond donors (Lipinski definition) is 0. The maximum atomic E-state index is 13.8. The molecule has 1 aromatic rings. The lowest BCUT2D eigenvalue weighted by atomic mass is 9.83. The molecule has 7 heteroatoms. The summed E-state index contributed by atoms with van der Waals surface area (Å²) in [5.74, 6) is -1.86. The molecule has 0 saturated heterocycles. The molecule has 1 aliphatic heterocycles. The van der Waals surface area contributed by atoms with Gasteiger partial charge in [0.25, 0.3) is 0 Å². The van der Waals surface area contributed by atoms with Crippen LogP contribution in [0.3, 0.4) is 0 Å². The lowest BCUT2D eigenvalue weighted by molar-refractivity contribution is -0.139. The van der Waals surface area contributed by atoms with E-state index in [0.717, 1.165) is 11.6 Å². The van der Waals surface area contributed by atoms with E-state index in [-0.39, 0.29) is 24.5 Å². The third-order valence-electron chi connectivity index (χ3n) is 4.93. The normalized spacial score (nSPS) is 17.5. The molecule has 1 heterocycles. The fourth-order valence-electron chi connectivity index (χ4n) is 3.29. The zero-order valence-electron chi connectivity index (χ0n) is 17.1. The zero-order chi connectivity index (χ0) is 22.3. The van der Waals surface area contributed by atoms with Crippen molar-refractivity contribution in [2.45, 2.75) is 19.3 Å². The molecular weight excluding hydrogens is 409 g/mol. The summed E-state index contributed by atoms with van der Waals surface area (Å²) in [6.07, 6.45) is 2.40. The van der Waals surface area contributed by atoms with Gasteiger partial charge in [0.1, 0.15) is 12.4 Å². The molecule has 1 amide bonds. The van der Waals surface area contributed by atoms with Crippen molar-refractivity contribution in [3.63, 3.8) is 0 Å². The highest BCUT2D eigenvalue weighted by Crippen LogP contribution is 2.37. The van der Waals surface area contributed by atoms with Crippen molar-refractivity contribution in [1.29, 1.82) is 0 Å². The van der Waals surface area contributed by atoms with Crippen LogP contribution >= 0.6 is 11.6 Å².